The van der Waals surface area contributed by atoms with E-state index < -0.39 is 5.54 Å². The minimum atomic E-state index is -0.494. The first-order valence-electron chi connectivity index (χ1n) is 7.89. The van der Waals surface area contributed by atoms with E-state index in [1.807, 2.05) is 6.92 Å². The van der Waals surface area contributed by atoms with Gasteiger partial charge in [-0.1, -0.05) is 23.2 Å². The molecule has 1 fully saturated rings. The Kier molecular flexibility index (Phi) is 5.01. The third kappa shape index (κ3) is 4.14. The maximum Gasteiger partial charge on any atom is 0.253 e. The van der Waals surface area contributed by atoms with E-state index in [-0.39, 0.29) is 11.8 Å². The van der Waals surface area contributed by atoms with Crippen molar-refractivity contribution in [2.45, 2.75) is 25.3 Å². The van der Waals surface area contributed by atoms with Crippen LogP contribution in [0, 0.1) is 0 Å². The molecule has 0 spiro atoms. The van der Waals surface area contributed by atoms with Gasteiger partial charge < -0.3 is 10.2 Å². The fraction of sp³-hybridized carbons (Fsp3) is 0.353. The molecule has 2 amide bonds. The van der Waals surface area contributed by atoms with Crippen molar-refractivity contribution in [3.63, 3.8) is 0 Å². The van der Waals surface area contributed by atoms with Crippen molar-refractivity contribution in [3.8, 4) is 0 Å². The molecule has 1 aliphatic heterocycles. The molecule has 3 rings (SSSR count). The van der Waals surface area contributed by atoms with Crippen LogP contribution in [0.3, 0.4) is 0 Å². The molecule has 1 saturated heterocycles. The number of carbonyl (C=O) groups excluding carboxylic acids is 2. The van der Waals surface area contributed by atoms with Gasteiger partial charge in [0.05, 0.1) is 28.7 Å². The number of halogens is 2. The molecule has 25 heavy (non-hydrogen) atoms. The Morgan fingerprint density at radius 1 is 1.40 bits per heavy atom. The molecule has 2 aromatic rings. The molecule has 1 aromatic heterocycles. The summed E-state index contributed by atoms with van der Waals surface area (Å²) >= 11 is 12.0. The van der Waals surface area contributed by atoms with Crippen LogP contribution in [-0.2, 0) is 11.2 Å². The fourth-order valence-electron chi connectivity index (χ4n) is 2.95. The zero-order valence-electron chi connectivity index (χ0n) is 13.7. The van der Waals surface area contributed by atoms with E-state index in [1.165, 1.54) is 6.07 Å². The van der Waals surface area contributed by atoms with Crippen LogP contribution in [0.15, 0.2) is 30.6 Å². The average molecular weight is 381 g/mol. The number of rotatable bonds is 4. The molecule has 1 aliphatic rings. The Morgan fingerprint density at radius 2 is 2.20 bits per heavy atom. The maximum atomic E-state index is 12.5. The van der Waals surface area contributed by atoms with E-state index in [1.54, 1.807) is 29.4 Å². The molecule has 1 aromatic carbocycles. The second-order valence-corrected chi connectivity index (χ2v) is 7.33. The number of aromatic amines is 1. The number of nitrogens with one attached hydrogen (secondary N) is 2. The first kappa shape index (κ1) is 17.8. The van der Waals surface area contributed by atoms with Gasteiger partial charge in [-0.15, -0.1) is 0 Å². The van der Waals surface area contributed by atoms with Crippen LogP contribution >= 0.6 is 23.2 Å². The Labute approximate surface area is 155 Å². The number of amides is 2. The van der Waals surface area contributed by atoms with E-state index in [2.05, 4.69) is 15.5 Å². The van der Waals surface area contributed by atoms with Crippen molar-refractivity contribution in [2.75, 3.05) is 13.1 Å². The lowest BCUT2D eigenvalue weighted by atomic mass is 10.0. The predicted octanol–water partition coefficient (Wildman–Crippen LogP) is 2.68. The standard InChI is InChI=1S/C17H18Cl2N4O2/c1-17(22-16(25)13-3-2-12(18)7-14(13)19)4-5-23(10-17)15(24)6-11-8-20-21-9-11/h2-3,7-9H,4-6,10H2,1H3,(H,20,21)(H,22,25). The molecule has 1 atom stereocenters. The van der Waals surface area contributed by atoms with Crippen LogP contribution in [0.4, 0.5) is 0 Å². The molecule has 2 heterocycles. The van der Waals surface area contributed by atoms with Crippen LogP contribution in [0.5, 0.6) is 0 Å². The summed E-state index contributed by atoms with van der Waals surface area (Å²) in [7, 11) is 0. The molecule has 1 unspecified atom stereocenters. The molecule has 132 valence electrons. The molecular formula is C17H18Cl2N4O2. The lowest BCUT2D eigenvalue weighted by molar-refractivity contribution is -0.129. The third-order valence-electron chi connectivity index (χ3n) is 4.33. The van der Waals surface area contributed by atoms with E-state index >= 15 is 0 Å². The summed E-state index contributed by atoms with van der Waals surface area (Å²) in [5.41, 5.74) is 0.720. The summed E-state index contributed by atoms with van der Waals surface area (Å²) < 4.78 is 0. The number of nitrogens with zero attached hydrogens (tertiary/aromatic N) is 2. The van der Waals surface area contributed by atoms with E-state index in [0.717, 1.165) is 5.56 Å². The van der Waals surface area contributed by atoms with Gasteiger partial charge in [-0.25, -0.2) is 0 Å². The van der Waals surface area contributed by atoms with Gasteiger partial charge in [-0.3, -0.25) is 14.7 Å². The Balaban J connectivity index is 1.63. The van der Waals surface area contributed by atoms with Crippen molar-refractivity contribution < 1.29 is 9.59 Å². The van der Waals surface area contributed by atoms with Crippen LogP contribution in [0.1, 0.15) is 29.3 Å². The second-order valence-electron chi connectivity index (χ2n) is 6.49. The summed E-state index contributed by atoms with van der Waals surface area (Å²) in [6, 6.07) is 4.76. The lowest BCUT2D eigenvalue weighted by Gasteiger charge is -2.26. The normalized spacial score (nSPS) is 19.9. The van der Waals surface area contributed by atoms with Crippen LogP contribution < -0.4 is 5.32 Å². The number of benzene rings is 1. The summed E-state index contributed by atoms with van der Waals surface area (Å²) in [5, 5.41) is 10.3. The quantitative estimate of drug-likeness (QED) is 0.855. The number of aromatic nitrogens is 2. The van der Waals surface area contributed by atoms with Crippen molar-refractivity contribution in [1.29, 1.82) is 0 Å². The van der Waals surface area contributed by atoms with Crippen molar-refractivity contribution in [1.82, 2.24) is 20.4 Å². The summed E-state index contributed by atoms with van der Waals surface area (Å²) in [6.45, 7) is 2.99. The SMILES string of the molecule is CC1(NC(=O)c2ccc(Cl)cc2Cl)CCN(C(=O)Cc2cn[nH]c2)C1. The summed E-state index contributed by atoms with van der Waals surface area (Å²) in [4.78, 5) is 26.7. The predicted molar refractivity (Wildman–Crippen MR) is 95.8 cm³/mol. The van der Waals surface area contributed by atoms with Crippen LogP contribution in [0.2, 0.25) is 10.0 Å². The Morgan fingerprint density at radius 3 is 2.88 bits per heavy atom. The van der Waals surface area contributed by atoms with Gasteiger partial charge in [0.2, 0.25) is 5.91 Å². The highest BCUT2D eigenvalue weighted by Gasteiger charge is 2.37. The largest absolute Gasteiger partial charge is 0.345 e. The van der Waals surface area contributed by atoms with E-state index in [4.69, 9.17) is 23.2 Å². The molecule has 8 heteroatoms. The van der Waals surface area contributed by atoms with Crippen molar-refractivity contribution in [3.05, 3.63) is 51.8 Å². The molecular weight excluding hydrogens is 363 g/mol. The second kappa shape index (κ2) is 7.06. The number of hydrogen-bond donors (Lipinski definition) is 2. The number of H-pyrrole nitrogens is 1. The summed E-state index contributed by atoms with van der Waals surface area (Å²) in [5.74, 6) is -0.253. The van der Waals surface area contributed by atoms with Gasteiger partial charge in [-0.2, -0.15) is 5.10 Å². The maximum absolute atomic E-state index is 12.5. The van der Waals surface area contributed by atoms with Gasteiger partial charge in [0.1, 0.15) is 0 Å². The van der Waals surface area contributed by atoms with Crippen molar-refractivity contribution >= 4 is 35.0 Å². The lowest BCUT2D eigenvalue weighted by Crippen LogP contribution is -2.48. The minimum absolute atomic E-state index is 0.0175. The molecule has 6 nitrogen and oxygen atoms in total. The van der Waals surface area contributed by atoms with Gasteiger partial charge in [0.15, 0.2) is 0 Å². The number of hydrogen-bond acceptors (Lipinski definition) is 3. The van der Waals surface area contributed by atoms with Gasteiger partial charge >= 0.3 is 0 Å². The molecule has 0 bridgehead atoms. The Bertz CT molecular complexity index is 794. The van der Waals surface area contributed by atoms with Gasteiger partial charge in [-0.05, 0) is 37.1 Å². The van der Waals surface area contributed by atoms with Gasteiger partial charge in [0.25, 0.3) is 5.91 Å². The molecule has 0 saturated carbocycles. The van der Waals surface area contributed by atoms with Crippen LogP contribution in [0.25, 0.3) is 0 Å². The first-order valence-corrected chi connectivity index (χ1v) is 8.65. The van der Waals surface area contributed by atoms with Crippen molar-refractivity contribution in [2.24, 2.45) is 0 Å². The molecule has 0 aliphatic carbocycles. The average Bonchev–Trinajstić information content (AvgIpc) is 3.17. The number of likely N-dealkylation sites (tertiary alicyclic amines) is 1. The topological polar surface area (TPSA) is 78.1 Å². The summed E-state index contributed by atoms with van der Waals surface area (Å²) in [6.07, 6.45) is 4.32. The van der Waals surface area contributed by atoms with E-state index in [9.17, 15) is 9.59 Å². The molecule has 0 radical (unpaired) electrons. The monoisotopic (exact) mass is 380 g/mol. The fourth-order valence-corrected chi connectivity index (χ4v) is 3.45. The van der Waals surface area contributed by atoms with E-state index in [0.29, 0.717) is 41.5 Å². The smallest absolute Gasteiger partial charge is 0.253 e. The molecule has 2 N–H and O–H groups in total. The zero-order valence-corrected chi connectivity index (χ0v) is 15.2. The third-order valence-corrected chi connectivity index (χ3v) is 4.88. The Hall–Kier alpha value is -2.05. The highest BCUT2D eigenvalue weighted by atomic mass is 35.5. The zero-order chi connectivity index (χ0) is 18.0. The highest BCUT2D eigenvalue weighted by Crippen LogP contribution is 2.25. The van der Waals surface area contributed by atoms with Gasteiger partial charge in [0, 0.05) is 24.3 Å². The minimum Gasteiger partial charge on any atom is -0.345 e. The van der Waals surface area contributed by atoms with Crippen LogP contribution in [-0.4, -0.2) is 45.5 Å². The number of carbonyl (C=O) groups is 2. The highest BCUT2D eigenvalue weighted by molar-refractivity contribution is 6.36. The first-order chi connectivity index (χ1) is 11.9.